The minimum atomic E-state index is -0.830. The van der Waals surface area contributed by atoms with Gasteiger partial charge in [-0.2, -0.15) is 5.10 Å². The Morgan fingerprint density at radius 2 is 1.75 bits per heavy atom. The number of aryl methyl sites for hydroxylation is 2. The van der Waals surface area contributed by atoms with Gasteiger partial charge >= 0.3 is 6.09 Å². The molecule has 1 N–H and O–H groups in total. The Balaban J connectivity index is 1.50. The van der Waals surface area contributed by atoms with Crippen LogP contribution in [0, 0.1) is 13.8 Å². The van der Waals surface area contributed by atoms with Gasteiger partial charge in [-0.25, -0.2) is 19.4 Å². The quantitative estimate of drug-likeness (QED) is 0.674. The maximum absolute atomic E-state index is 11.3. The van der Waals surface area contributed by atoms with E-state index in [4.69, 9.17) is 4.74 Å². The van der Waals surface area contributed by atoms with E-state index in [2.05, 4.69) is 39.0 Å². The van der Waals surface area contributed by atoms with Crippen LogP contribution in [0.1, 0.15) is 35.7 Å². The van der Waals surface area contributed by atoms with E-state index in [0.29, 0.717) is 38.0 Å². The molecule has 0 radical (unpaired) electrons. The second-order valence-electron chi connectivity index (χ2n) is 8.60. The van der Waals surface area contributed by atoms with E-state index in [1.54, 1.807) is 0 Å². The van der Waals surface area contributed by atoms with Crippen LogP contribution in [0.15, 0.2) is 24.4 Å². The molecule has 2 aliphatic rings. The van der Waals surface area contributed by atoms with Gasteiger partial charge in [0.2, 0.25) is 0 Å². The van der Waals surface area contributed by atoms with Crippen molar-refractivity contribution in [1.29, 1.82) is 0 Å². The highest BCUT2D eigenvalue weighted by molar-refractivity contribution is 5.82. The topological polar surface area (TPSA) is 96.6 Å². The number of fused-ring (bicyclic) bond motifs is 1. The molecule has 4 heterocycles. The highest BCUT2D eigenvalue weighted by Gasteiger charge is 2.25. The summed E-state index contributed by atoms with van der Waals surface area (Å²) in [5.74, 6) is 2.70. The molecule has 2 aromatic heterocycles. The lowest BCUT2D eigenvalue weighted by molar-refractivity contribution is 0.122. The van der Waals surface area contributed by atoms with Gasteiger partial charge in [0.25, 0.3) is 0 Å². The van der Waals surface area contributed by atoms with Crippen molar-refractivity contribution in [3.63, 3.8) is 0 Å². The number of ether oxygens (including phenoxy) is 1. The maximum atomic E-state index is 11.3. The zero-order valence-corrected chi connectivity index (χ0v) is 18.5. The first-order valence-corrected chi connectivity index (χ1v) is 11.1. The predicted octanol–water partition coefficient (Wildman–Crippen LogP) is 3.13. The number of carbonyl (C=O) groups is 1. The lowest BCUT2D eigenvalue weighted by atomic mass is 9.86. The van der Waals surface area contributed by atoms with Gasteiger partial charge in [-0.15, -0.1) is 0 Å². The smallest absolute Gasteiger partial charge is 0.407 e. The van der Waals surface area contributed by atoms with Gasteiger partial charge in [-0.1, -0.05) is 0 Å². The van der Waals surface area contributed by atoms with Gasteiger partial charge < -0.3 is 19.6 Å². The number of piperidine rings is 1. The van der Waals surface area contributed by atoms with Crippen molar-refractivity contribution in [1.82, 2.24) is 24.6 Å². The Kier molecular flexibility index (Phi) is 5.42. The second kappa shape index (κ2) is 8.38. The summed E-state index contributed by atoms with van der Waals surface area (Å²) in [6.45, 7) is 8.21. The Hall–Kier alpha value is -3.20. The second-order valence-corrected chi connectivity index (χ2v) is 8.60. The SMILES string of the molecule is Cc1nc(N2CCOCC2)cc(-n2ncc3cc(C)c(C4CCN(C(=O)O)CC4)cc32)n1. The Bertz CT molecular complexity index is 1150. The molecule has 2 saturated heterocycles. The van der Waals surface area contributed by atoms with Crippen molar-refractivity contribution >= 4 is 22.8 Å². The van der Waals surface area contributed by atoms with Crippen molar-refractivity contribution < 1.29 is 14.6 Å². The van der Waals surface area contributed by atoms with Crippen LogP contribution >= 0.6 is 0 Å². The molecule has 9 heteroatoms. The molecule has 0 aliphatic carbocycles. The van der Waals surface area contributed by atoms with Crippen LogP contribution in [0.2, 0.25) is 0 Å². The third-order valence-corrected chi connectivity index (χ3v) is 6.52. The molecule has 3 aromatic rings. The number of rotatable bonds is 3. The van der Waals surface area contributed by atoms with Crippen molar-refractivity contribution in [3.05, 3.63) is 41.3 Å². The summed E-state index contributed by atoms with van der Waals surface area (Å²) in [7, 11) is 0. The van der Waals surface area contributed by atoms with E-state index in [9.17, 15) is 9.90 Å². The van der Waals surface area contributed by atoms with Crippen molar-refractivity contribution in [2.24, 2.45) is 0 Å². The Morgan fingerprint density at radius 3 is 2.47 bits per heavy atom. The van der Waals surface area contributed by atoms with Crippen LogP contribution in [0.4, 0.5) is 10.6 Å². The van der Waals surface area contributed by atoms with Gasteiger partial charge in [-0.05, 0) is 55.9 Å². The van der Waals surface area contributed by atoms with E-state index < -0.39 is 6.09 Å². The fourth-order valence-electron chi connectivity index (χ4n) is 4.81. The minimum absolute atomic E-state index is 0.342. The van der Waals surface area contributed by atoms with E-state index >= 15 is 0 Å². The highest BCUT2D eigenvalue weighted by Crippen LogP contribution is 2.33. The first-order valence-electron chi connectivity index (χ1n) is 11.1. The number of hydrogen-bond donors (Lipinski definition) is 1. The third-order valence-electron chi connectivity index (χ3n) is 6.52. The summed E-state index contributed by atoms with van der Waals surface area (Å²) in [5.41, 5.74) is 3.50. The molecule has 0 unspecified atom stereocenters. The molecule has 0 atom stereocenters. The molecular formula is C23H28N6O3. The fourth-order valence-corrected chi connectivity index (χ4v) is 4.81. The van der Waals surface area contributed by atoms with Crippen molar-refractivity contribution in [2.75, 3.05) is 44.3 Å². The van der Waals surface area contributed by atoms with Crippen LogP contribution < -0.4 is 4.90 Å². The summed E-state index contributed by atoms with van der Waals surface area (Å²) in [4.78, 5) is 24.3. The molecule has 2 aliphatic heterocycles. The summed E-state index contributed by atoms with van der Waals surface area (Å²) in [6, 6.07) is 6.38. The van der Waals surface area contributed by atoms with Gasteiger partial charge in [0.05, 0.1) is 24.9 Å². The van der Waals surface area contributed by atoms with E-state index in [0.717, 1.165) is 48.5 Å². The van der Waals surface area contributed by atoms with E-state index in [1.165, 1.54) is 16.0 Å². The number of carboxylic acid groups (broad SMARTS) is 1. The van der Waals surface area contributed by atoms with Crippen LogP contribution in [-0.4, -0.2) is 75.2 Å². The molecule has 168 valence electrons. The average Bonchev–Trinajstić information content (AvgIpc) is 3.21. The molecule has 0 spiro atoms. The van der Waals surface area contributed by atoms with Gasteiger partial charge in [0.1, 0.15) is 11.6 Å². The first-order chi connectivity index (χ1) is 15.5. The number of benzene rings is 1. The van der Waals surface area contributed by atoms with Gasteiger partial charge in [0, 0.05) is 37.6 Å². The molecule has 0 saturated carbocycles. The summed E-state index contributed by atoms with van der Waals surface area (Å²) < 4.78 is 7.37. The lowest BCUT2D eigenvalue weighted by Crippen LogP contribution is -2.37. The number of amides is 1. The van der Waals surface area contributed by atoms with Crippen LogP contribution in [-0.2, 0) is 4.74 Å². The highest BCUT2D eigenvalue weighted by atomic mass is 16.5. The normalized spacial score (nSPS) is 17.8. The fraction of sp³-hybridized carbons (Fsp3) is 0.478. The number of morpholine rings is 1. The molecule has 0 bridgehead atoms. The molecule has 2 fully saturated rings. The largest absolute Gasteiger partial charge is 0.465 e. The maximum Gasteiger partial charge on any atom is 0.407 e. The minimum Gasteiger partial charge on any atom is -0.465 e. The molecule has 32 heavy (non-hydrogen) atoms. The van der Waals surface area contributed by atoms with Gasteiger partial charge in [0.15, 0.2) is 5.82 Å². The van der Waals surface area contributed by atoms with Crippen LogP contribution in [0.3, 0.4) is 0 Å². The summed E-state index contributed by atoms with van der Waals surface area (Å²) in [6.07, 6.45) is 2.72. The number of nitrogens with zero attached hydrogens (tertiary/aromatic N) is 6. The summed E-state index contributed by atoms with van der Waals surface area (Å²) in [5, 5.41) is 15.0. The van der Waals surface area contributed by atoms with Crippen LogP contribution in [0.25, 0.3) is 16.7 Å². The standard InChI is InChI=1S/C23H28N6O3/c1-15-11-18-14-24-29(20(18)12-19(15)17-3-5-28(6-4-17)23(30)31)22-13-21(25-16(2)26-22)27-7-9-32-10-8-27/h11-14,17H,3-10H2,1-2H3,(H,30,31). The molecule has 9 nitrogen and oxygen atoms in total. The van der Waals surface area contributed by atoms with Crippen molar-refractivity contribution in [2.45, 2.75) is 32.6 Å². The Morgan fingerprint density at radius 1 is 1.03 bits per heavy atom. The predicted molar refractivity (Wildman–Crippen MR) is 121 cm³/mol. The van der Waals surface area contributed by atoms with E-state index in [1.807, 2.05) is 23.9 Å². The van der Waals surface area contributed by atoms with Crippen molar-refractivity contribution in [3.8, 4) is 5.82 Å². The molecule has 1 aromatic carbocycles. The number of hydrogen-bond acceptors (Lipinski definition) is 6. The number of likely N-dealkylation sites (tertiary alicyclic amines) is 1. The van der Waals surface area contributed by atoms with Gasteiger partial charge in [-0.3, -0.25) is 0 Å². The number of anilines is 1. The zero-order valence-electron chi connectivity index (χ0n) is 18.5. The molecular weight excluding hydrogens is 408 g/mol. The average molecular weight is 437 g/mol. The Labute approximate surface area is 186 Å². The number of aromatic nitrogens is 4. The lowest BCUT2D eigenvalue weighted by Gasteiger charge is -2.31. The third kappa shape index (κ3) is 3.88. The van der Waals surface area contributed by atoms with Crippen LogP contribution in [0.5, 0.6) is 0 Å². The molecule has 5 rings (SSSR count). The monoisotopic (exact) mass is 436 g/mol. The van der Waals surface area contributed by atoms with E-state index in [-0.39, 0.29) is 0 Å². The first kappa shape index (κ1) is 20.7. The molecule has 1 amide bonds. The summed E-state index contributed by atoms with van der Waals surface area (Å²) >= 11 is 0. The zero-order chi connectivity index (χ0) is 22.2.